The highest BCUT2D eigenvalue weighted by molar-refractivity contribution is 6.05. The second kappa shape index (κ2) is 8.38. The van der Waals surface area contributed by atoms with E-state index in [1.165, 1.54) is 44.9 Å². The van der Waals surface area contributed by atoms with Crippen molar-refractivity contribution in [3.8, 4) is 5.88 Å². The number of carbonyl (C=O) groups excluding carboxylic acids is 1. The molecule has 3 heterocycles. The number of nitrogens with zero attached hydrogens (tertiary/aromatic N) is 3. The van der Waals surface area contributed by atoms with Crippen LogP contribution in [0.4, 0.5) is 0 Å². The fourth-order valence-electron chi connectivity index (χ4n) is 4.42. The minimum absolute atomic E-state index is 0.149. The van der Waals surface area contributed by atoms with Gasteiger partial charge in [0.05, 0.1) is 12.0 Å². The van der Waals surface area contributed by atoms with Crippen LogP contribution in [0.1, 0.15) is 61.9 Å². The van der Waals surface area contributed by atoms with Crippen LogP contribution in [0.5, 0.6) is 5.88 Å². The number of piperidine rings is 1. The fourth-order valence-corrected chi connectivity index (χ4v) is 4.42. The Labute approximate surface area is 160 Å². The lowest BCUT2D eigenvalue weighted by Gasteiger charge is -2.22. The van der Waals surface area contributed by atoms with Gasteiger partial charge in [0.1, 0.15) is 5.69 Å². The summed E-state index contributed by atoms with van der Waals surface area (Å²) in [5.74, 6) is 1.82. The number of hydrogen-bond donors (Lipinski definition) is 1. The third kappa shape index (κ3) is 4.32. The zero-order chi connectivity index (χ0) is 18.6. The highest BCUT2D eigenvalue weighted by atomic mass is 16.5. The van der Waals surface area contributed by atoms with Crippen LogP contribution in [0.2, 0.25) is 0 Å². The zero-order valence-corrected chi connectivity index (χ0v) is 16.2. The maximum Gasteiger partial charge on any atom is 0.215 e. The molecule has 1 aliphatic carbocycles. The van der Waals surface area contributed by atoms with Gasteiger partial charge in [0.15, 0.2) is 11.4 Å². The van der Waals surface area contributed by atoms with Crippen molar-refractivity contribution in [3.05, 3.63) is 17.8 Å². The van der Waals surface area contributed by atoms with E-state index >= 15 is 0 Å². The van der Waals surface area contributed by atoms with Crippen molar-refractivity contribution in [2.75, 3.05) is 19.7 Å². The Morgan fingerprint density at radius 1 is 1.19 bits per heavy atom. The van der Waals surface area contributed by atoms with Crippen LogP contribution in [0.3, 0.4) is 0 Å². The van der Waals surface area contributed by atoms with Gasteiger partial charge in [0.25, 0.3) is 0 Å². The number of aromatic nitrogens is 3. The van der Waals surface area contributed by atoms with Gasteiger partial charge in [-0.25, -0.2) is 4.68 Å². The fraction of sp³-hybridized carbons (Fsp3) is 0.667. The summed E-state index contributed by atoms with van der Waals surface area (Å²) in [7, 11) is 1.85. The van der Waals surface area contributed by atoms with E-state index in [1.807, 2.05) is 19.2 Å². The second-order valence-corrected chi connectivity index (χ2v) is 8.15. The SMILES string of the molecule is Cn1nc(C(=O)CC2CCCCC2)c2ccc(OCC3CCCNC3)nc21. The first-order valence-electron chi connectivity index (χ1n) is 10.4. The summed E-state index contributed by atoms with van der Waals surface area (Å²) in [4.78, 5) is 17.4. The first-order chi connectivity index (χ1) is 13.2. The van der Waals surface area contributed by atoms with Crippen molar-refractivity contribution in [1.29, 1.82) is 0 Å². The Morgan fingerprint density at radius 2 is 2.00 bits per heavy atom. The predicted octanol–water partition coefficient (Wildman–Crippen LogP) is 3.50. The van der Waals surface area contributed by atoms with Crippen LogP contribution in [-0.2, 0) is 7.05 Å². The molecule has 6 nitrogen and oxygen atoms in total. The summed E-state index contributed by atoms with van der Waals surface area (Å²) in [5, 5.41) is 8.73. The Hall–Kier alpha value is -1.95. The molecule has 1 atom stereocenters. The maximum absolute atomic E-state index is 12.8. The van der Waals surface area contributed by atoms with Crippen LogP contribution in [0.15, 0.2) is 12.1 Å². The van der Waals surface area contributed by atoms with Crippen LogP contribution in [0.25, 0.3) is 11.0 Å². The molecule has 146 valence electrons. The molecule has 1 aliphatic heterocycles. The van der Waals surface area contributed by atoms with Crippen molar-refractivity contribution in [1.82, 2.24) is 20.1 Å². The van der Waals surface area contributed by atoms with Crippen molar-refractivity contribution in [2.24, 2.45) is 18.9 Å². The number of pyridine rings is 1. The van der Waals surface area contributed by atoms with Crippen LogP contribution >= 0.6 is 0 Å². The molecule has 27 heavy (non-hydrogen) atoms. The molecule has 0 bridgehead atoms. The highest BCUT2D eigenvalue weighted by Crippen LogP contribution is 2.29. The largest absolute Gasteiger partial charge is 0.477 e. The van der Waals surface area contributed by atoms with E-state index in [0.717, 1.165) is 24.1 Å². The predicted molar refractivity (Wildman–Crippen MR) is 105 cm³/mol. The van der Waals surface area contributed by atoms with Gasteiger partial charge >= 0.3 is 0 Å². The average Bonchev–Trinajstić information content (AvgIpc) is 3.04. The molecule has 2 aromatic rings. The monoisotopic (exact) mass is 370 g/mol. The minimum Gasteiger partial charge on any atom is -0.477 e. The molecule has 1 saturated heterocycles. The van der Waals surface area contributed by atoms with E-state index < -0.39 is 0 Å². The van der Waals surface area contributed by atoms with Crippen LogP contribution in [0, 0.1) is 11.8 Å². The topological polar surface area (TPSA) is 69.0 Å². The van der Waals surface area contributed by atoms with Gasteiger partial charge < -0.3 is 10.1 Å². The van der Waals surface area contributed by atoms with Crippen molar-refractivity contribution >= 4 is 16.8 Å². The zero-order valence-electron chi connectivity index (χ0n) is 16.2. The number of aryl methyl sites for hydroxylation is 1. The molecule has 0 spiro atoms. The lowest BCUT2D eigenvalue weighted by atomic mass is 9.85. The molecule has 1 saturated carbocycles. The molecule has 2 aliphatic rings. The second-order valence-electron chi connectivity index (χ2n) is 8.15. The van der Waals surface area contributed by atoms with Crippen LogP contribution < -0.4 is 10.1 Å². The third-order valence-corrected chi connectivity index (χ3v) is 5.99. The Kier molecular flexibility index (Phi) is 5.72. The van der Waals surface area contributed by atoms with Gasteiger partial charge in [0, 0.05) is 32.0 Å². The van der Waals surface area contributed by atoms with E-state index in [1.54, 1.807) is 4.68 Å². The van der Waals surface area contributed by atoms with E-state index in [2.05, 4.69) is 15.4 Å². The number of fused-ring (bicyclic) bond motifs is 1. The summed E-state index contributed by atoms with van der Waals surface area (Å²) in [6, 6.07) is 3.82. The number of carbonyl (C=O) groups is 1. The number of rotatable bonds is 6. The molecule has 4 rings (SSSR count). The smallest absolute Gasteiger partial charge is 0.215 e. The van der Waals surface area contributed by atoms with Gasteiger partial charge in [-0.1, -0.05) is 32.1 Å². The minimum atomic E-state index is 0.149. The number of ketones is 1. The van der Waals surface area contributed by atoms with E-state index in [0.29, 0.717) is 36.4 Å². The molecular formula is C21H30N4O2. The Bertz CT molecular complexity index is 789. The van der Waals surface area contributed by atoms with Gasteiger partial charge in [-0.3, -0.25) is 4.79 Å². The number of Topliss-reactive ketones (excluding diaryl/α,β-unsaturated/α-hetero) is 1. The molecule has 2 aromatic heterocycles. The molecular weight excluding hydrogens is 340 g/mol. The summed E-state index contributed by atoms with van der Waals surface area (Å²) in [6.07, 6.45) is 9.15. The summed E-state index contributed by atoms with van der Waals surface area (Å²) < 4.78 is 7.63. The molecule has 6 heteroatoms. The molecule has 0 radical (unpaired) electrons. The van der Waals surface area contributed by atoms with Crippen molar-refractivity contribution < 1.29 is 9.53 Å². The van der Waals surface area contributed by atoms with Crippen molar-refractivity contribution in [2.45, 2.75) is 51.4 Å². The summed E-state index contributed by atoms with van der Waals surface area (Å²) >= 11 is 0. The summed E-state index contributed by atoms with van der Waals surface area (Å²) in [5.41, 5.74) is 1.29. The molecule has 2 fully saturated rings. The Balaban J connectivity index is 1.46. The van der Waals surface area contributed by atoms with E-state index in [4.69, 9.17) is 4.74 Å². The molecule has 0 amide bonds. The number of ether oxygens (including phenoxy) is 1. The first-order valence-corrected chi connectivity index (χ1v) is 10.4. The standard InChI is InChI=1S/C21H30N4O2/c1-25-21-17(20(24-25)18(26)12-15-6-3-2-4-7-15)9-10-19(23-21)27-14-16-8-5-11-22-13-16/h9-10,15-16,22H,2-8,11-14H2,1H3. The lowest BCUT2D eigenvalue weighted by molar-refractivity contribution is 0.0946. The van der Waals surface area contributed by atoms with E-state index in [-0.39, 0.29) is 5.78 Å². The Morgan fingerprint density at radius 3 is 2.78 bits per heavy atom. The van der Waals surface area contributed by atoms with Gasteiger partial charge in [-0.05, 0) is 31.4 Å². The normalized spacial score (nSPS) is 21.4. The van der Waals surface area contributed by atoms with Crippen molar-refractivity contribution in [3.63, 3.8) is 0 Å². The molecule has 1 unspecified atom stereocenters. The maximum atomic E-state index is 12.8. The van der Waals surface area contributed by atoms with Gasteiger partial charge in [0.2, 0.25) is 5.88 Å². The van der Waals surface area contributed by atoms with E-state index in [9.17, 15) is 4.79 Å². The third-order valence-electron chi connectivity index (χ3n) is 5.99. The number of hydrogen-bond acceptors (Lipinski definition) is 5. The quantitative estimate of drug-likeness (QED) is 0.788. The highest BCUT2D eigenvalue weighted by Gasteiger charge is 2.23. The summed E-state index contributed by atoms with van der Waals surface area (Å²) in [6.45, 7) is 2.79. The number of nitrogens with one attached hydrogen (secondary N) is 1. The van der Waals surface area contributed by atoms with Gasteiger partial charge in [-0.15, -0.1) is 0 Å². The first kappa shape index (κ1) is 18.4. The molecule has 1 N–H and O–H groups in total. The molecule has 0 aromatic carbocycles. The van der Waals surface area contributed by atoms with Crippen LogP contribution in [-0.4, -0.2) is 40.2 Å². The lowest BCUT2D eigenvalue weighted by Crippen LogP contribution is -2.33. The average molecular weight is 370 g/mol. The van der Waals surface area contributed by atoms with Gasteiger partial charge in [-0.2, -0.15) is 10.1 Å².